The minimum absolute atomic E-state index is 0.759. The zero-order chi connectivity index (χ0) is 6.20. The average molecular weight is 133 g/mol. The van der Waals surface area contributed by atoms with Crippen LogP contribution in [0.5, 0.6) is 0 Å². The van der Waals surface area contributed by atoms with Crippen LogP contribution in [0.15, 0.2) is 5.16 Å². The molecule has 4 N–H and O–H groups in total. The minimum Gasteiger partial charge on any atom is -0.345 e. The molecule has 0 atom stereocenters. The van der Waals surface area contributed by atoms with Crippen molar-refractivity contribution in [2.75, 3.05) is 0 Å². The molecule has 0 fully saturated rings. The first-order valence-corrected chi connectivity index (χ1v) is 2.91. The van der Waals surface area contributed by atoms with Gasteiger partial charge in [-0.2, -0.15) is 0 Å². The van der Waals surface area contributed by atoms with Crippen LogP contribution in [0.1, 0.15) is 6.92 Å². The number of hydrogen-bond donors (Lipinski definition) is 2. The molecule has 1 heterocycles. The van der Waals surface area contributed by atoms with Crippen LogP contribution >= 0.6 is 11.8 Å². The van der Waals surface area contributed by atoms with E-state index in [1.807, 2.05) is 0 Å². The minimum atomic E-state index is -1.12. The summed E-state index contributed by atoms with van der Waals surface area (Å²) < 4.78 is 0. The molecule has 0 aromatic rings. The molecular formula is C3H7N3OS. The molecule has 8 heavy (non-hydrogen) atoms. The van der Waals surface area contributed by atoms with Crippen molar-refractivity contribution >= 4 is 16.8 Å². The van der Waals surface area contributed by atoms with Crippen LogP contribution in [0.2, 0.25) is 0 Å². The van der Waals surface area contributed by atoms with Crippen molar-refractivity contribution in [3.63, 3.8) is 0 Å². The van der Waals surface area contributed by atoms with E-state index in [2.05, 4.69) is 9.99 Å². The zero-order valence-electron chi connectivity index (χ0n) is 4.42. The molecule has 0 saturated heterocycles. The van der Waals surface area contributed by atoms with Gasteiger partial charge in [-0.25, -0.2) is 0 Å². The number of nitrogens with two attached hydrogens (primary N) is 2. The van der Waals surface area contributed by atoms with E-state index in [0.717, 1.165) is 5.04 Å². The SMILES string of the molecule is CC1=NOC(N)(N)S1. The summed E-state index contributed by atoms with van der Waals surface area (Å²) in [7, 11) is 0. The molecule has 0 bridgehead atoms. The lowest BCUT2D eigenvalue weighted by Gasteiger charge is -2.11. The van der Waals surface area contributed by atoms with Crippen molar-refractivity contribution in [1.29, 1.82) is 0 Å². The Balaban J connectivity index is 2.55. The van der Waals surface area contributed by atoms with Gasteiger partial charge >= 0.3 is 0 Å². The van der Waals surface area contributed by atoms with Crippen LogP contribution in [0, 0.1) is 0 Å². The Morgan fingerprint density at radius 1 is 1.75 bits per heavy atom. The van der Waals surface area contributed by atoms with Crippen LogP contribution in [0.3, 0.4) is 0 Å². The quantitative estimate of drug-likeness (QED) is 0.441. The number of nitrogens with zero attached hydrogens (tertiary/aromatic N) is 1. The molecule has 0 spiro atoms. The normalized spacial score (nSPS) is 24.6. The number of rotatable bonds is 0. The van der Waals surface area contributed by atoms with Crippen molar-refractivity contribution in [2.24, 2.45) is 16.6 Å². The number of oxime groups is 1. The fraction of sp³-hybridized carbons (Fsp3) is 0.667. The predicted octanol–water partition coefficient (Wildman–Crippen LogP) is -0.388. The van der Waals surface area contributed by atoms with Gasteiger partial charge in [0, 0.05) is 0 Å². The maximum absolute atomic E-state index is 5.27. The van der Waals surface area contributed by atoms with Crippen molar-refractivity contribution < 1.29 is 4.84 Å². The fourth-order valence-corrected chi connectivity index (χ4v) is 1.01. The van der Waals surface area contributed by atoms with Gasteiger partial charge in [0.15, 0.2) is 0 Å². The maximum atomic E-state index is 5.27. The number of hydrogen-bond acceptors (Lipinski definition) is 5. The van der Waals surface area contributed by atoms with Gasteiger partial charge in [-0.05, 0) is 18.7 Å². The fourth-order valence-electron chi connectivity index (χ4n) is 0.404. The summed E-state index contributed by atoms with van der Waals surface area (Å²) in [5.74, 6) is 0. The highest BCUT2D eigenvalue weighted by Gasteiger charge is 2.28. The van der Waals surface area contributed by atoms with E-state index >= 15 is 0 Å². The highest BCUT2D eigenvalue weighted by molar-refractivity contribution is 8.15. The topological polar surface area (TPSA) is 73.6 Å². The van der Waals surface area contributed by atoms with E-state index in [9.17, 15) is 0 Å². The molecule has 1 rings (SSSR count). The van der Waals surface area contributed by atoms with Crippen LogP contribution in [0.25, 0.3) is 0 Å². The molecule has 1 aliphatic rings. The second-order valence-corrected chi connectivity index (χ2v) is 2.96. The summed E-state index contributed by atoms with van der Waals surface area (Å²) in [5.41, 5.74) is 10.5. The molecule has 0 amide bonds. The summed E-state index contributed by atoms with van der Waals surface area (Å²) in [5, 5.41) is 3.16. The Labute approximate surface area is 51.2 Å². The lowest BCUT2D eigenvalue weighted by molar-refractivity contribution is 0.0480. The van der Waals surface area contributed by atoms with Crippen LogP contribution in [-0.2, 0) is 4.84 Å². The summed E-state index contributed by atoms with van der Waals surface area (Å²) in [6.07, 6.45) is 0. The maximum Gasteiger partial charge on any atom is 0.293 e. The molecule has 5 heteroatoms. The van der Waals surface area contributed by atoms with Gasteiger partial charge in [-0.3, -0.25) is 11.5 Å². The van der Waals surface area contributed by atoms with Crippen LogP contribution < -0.4 is 11.5 Å². The Bertz CT molecular complexity index is 132. The first kappa shape index (κ1) is 5.87. The third kappa shape index (κ3) is 1.12. The summed E-state index contributed by atoms with van der Waals surface area (Å²) in [6, 6.07) is 0. The van der Waals surface area contributed by atoms with Crippen molar-refractivity contribution in [2.45, 2.75) is 12.1 Å². The van der Waals surface area contributed by atoms with Crippen LogP contribution in [-0.4, -0.2) is 10.2 Å². The summed E-state index contributed by atoms with van der Waals surface area (Å²) in [6.45, 7) is 1.78. The predicted molar refractivity (Wildman–Crippen MR) is 32.9 cm³/mol. The molecule has 1 aliphatic heterocycles. The lowest BCUT2D eigenvalue weighted by atomic mass is 10.9. The average Bonchev–Trinajstić information content (AvgIpc) is 1.82. The third-order valence-corrected chi connectivity index (χ3v) is 1.39. The largest absolute Gasteiger partial charge is 0.345 e. The Kier molecular flexibility index (Phi) is 1.18. The smallest absolute Gasteiger partial charge is 0.293 e. The molecule has 0 aromatic carbocycles. The summed E-state index contributed by atoms with van der Waals surface area (Å²) in [4.78, 5) is 4.56. The molecule has 0 radical (unpaired) electrons. The van der Waals surface area contributed by atoms with Gasteiger partial charge in [0.2, 0.25) is 0 Å². The van der Waals surface area contributed by atoms with E-state index < -0.39 is 5.18 Å². The van der Waals surface area contributed by atoms with E-state index in [0.29, 0.717) is 0 Å². The lowest BCUT2D eigenvalue weighted by Crippen LogP contribution is -2.45. The van der Waals surface area contributed by atoms with Gasteiger partial charge < -0.3 is 4.84 Å². The highest BCUT2D eigenvalue weighted by atomic mass is 32.2. The van der Waals surface area contributed by atoms with Crippen molar-refractivity contribution in [3.8, 4) is 0 Å². The first-order chi connectivity index (χ1) is 3.60. The second-order valence-electron chi connectivity index (χ2n) is 1.53. The molecule has 4 nitrogen and oxygen atoms in total. The van der Waals surface area contributed by atoms with Gasteiger partial charge in [0.1, 0.15) is 5.04 Å². The molecular weight excluding hydrogens is 126 g/mol. The van der Waals surface area contributed by atoms with Gasteiger partial charge in [-0.1, -0.05) is 5.16 Å². The van der Waals surface area contributed by atoms with Gasteiger partial charge in [0.05, 0.1) is 0 Å². The van der Waals surface area contributed by atoms with Gasteiger partial charge in [-0.15, -0.1) is 0 Å². The van der Waals surface area contributed by atoms with Gasteiger partial charge in [0.25, 0.3) is 5.18 Å². The second kappa shape index (κ2) is 1.61. The molecule has 0 aromatic heterocycles. The Morgan fingerprint density at radius 3 is 2.50 bits per heavy atom. The molecule has 46 valence electrons. The molecule has 0 aliphatic carbocycles. The zero-order valence-corrected chi connectivity index (χ0v) is 5.23. The molecule has 0 saturated carbocycles. The number of thioether (sulfide) groups is 1. The molecule has 0 unspecified atom stereocenters. The first-order valence-electron chi connectivity index (χ1n) is 2.10. The van der Waals surface area contributed by atoms with E-state index in [4.69, 9.17) is 11.5 Å². The Morgan fingerprint density at radius 2 is 2.38 bits per heavy atom. The Hall–Kier alpha value is -0.260. The third-order valence-electron chi connectivity index (χ3n) is 0.624. The van der Waals surface area contributed by atoms with E-state index in [1.165, 1.54) is 11.8 Å². The van der Waals surface area contributed by atoms with E-state index in [1.54, 1.807) is 6.92 Å². The van der Waals surface area contributed by atoms with Crippen LogP contribution in [0.4, 0.5) is 0 Å². The van der Waals surface area contributed by atoms with Crippen molar-refractivity contribution in [3.05, 3.63) is 0 Å². The monoisotopic (exact) mass is 133 g/mol. The standard InChI is InChI=1S/C3H7N3OS/c1-2-6-7-3(4,5)8-2/h4-5H2,1H3. The summed E-state index contributed by atoms with van der Waals surface area (Å²) >= 11 is 1.21. The van der Waals surface area contributed by atoms with E-state index in [-0.39, 0.29) is 0 Å². The van der Waals surface area contributed by atoms with Crippen molar-refractivity contribution in [1.82, 2.24) is 0 Å². The highest BCUT2D eigenvalue weighted by Crippen LogP contribution is 2.23.